The summed E-state index contributed by atoms with van der Waals surface area (Å²) in [6, 6.07) is 5.44. The Balaban J connectivity index is 2.56. The van der Waals surface area contributed by atoms with Gasteiger partial charge in [0.25, 0.3) is 0 Å². The molecule has 0 fully saturated rings. The highest BCUT2D eigenvalue weighted by molar-refractivity contribution is 6.30. The molecule has 19 heavy (non-hydrogen) atoms. The quantitative estimate of drug-likeness (QED) is 0.934. The maximum atomic E-state index is 9.41. The normalized spacial score (nSPS) is 10.6. The van der Waals surface area contributed by atoms with Crippen LogP contribution in [0, 0.1) is 0 Å². The average Bonchev–Trinajstić information content (AvgIpc) is 2.73. The van der Waals surface area contributed by atoms with Gasteiger partial charge in [-0.3, -0.25) is 4.68 Å². The van der Waals surface area contributed by atoms with Gasteiger partial charge in [-0.15, -0.1) is 0 Å². The van der Waals surface area contributed by atoms with Crippen molar-refractivity contribution in [2.24, 2.45) is 7.05 Å². The molecule has 1 aromatic heterocycles. The van der Waals surface area contributed by atoms with Crippen molar-refractivity contribution in [3.63, 3.8) is 0 Å². The lowest BCUT2D eigenvalue weighted by molar-refractivity contribution is 0.282. The molecule has 0 atom stereocenters. The van der Waals surface area contributed by atoms with Crippen molar-refractivity contribution >= 4 is 11.6 Å². The SMILES string of the molecule is COc1ccc(-c2nn(C)c(Cl)c2CO)cc1OC. The summed E-state index contributed by atoms with van der Waals surface area (Å²) >= 11 is 6.08. The second kappa shape index (κ2) is 5.50. The van der Waals surface area contributed by atoms with Crippen molar-refractivity contribution in [3.05, 3.63) is 28.9 Å². The van der Waals surface area contributed by atoms with Crippen molar-refractivity contribution < 1.29 is 14.6 Å². The van der Waals surface area contributed by atoms with Crippen molar-refractivity contribution in [1.82, 2.24) is 9.78 Å². The van der Waals surface area contributed by atoms with Gasteiger partial charge in [-0.1, -0.05) is 11.6 Å². The Kier molecular flexibility index (Phi) is 3.97. The number of aromatic nitrogens is 2. The number of methoxy groups -OCH3 is 2. The first-order chi connectivity index (χ1) is 9.12. The first-order valence-corrected chi connectivity index (χ1v) is 6.04. The fourth-order valence-corrected chi connectivity index (χ4v) is 2.09. The Morgan fingerprint density at radius 1 is 1.26 bits per heavy atom. The van der Waals surface area contributed by atoms with Crippen molar-refractivity contribution in [3.8, 4) is 22.8 Å². The molecule has 102 valence electrons. The van der Waals surface area contributed by atoms with Crippen LogP contribution in [-0.2, 0) is 13.7 Å². The van der Waals surface area contributed by atoms with Crippen LogP contribution < -0.4 is 9.47 Å². The minimum absolute atomic E-state index is 0.170. The number of hydrogen-bond donors (Lipinski definition) is 1. The van der Waals surface area contributed by atoms with E-state index in [0.717, 1.165) is 5.56 Å². The topological polar surface area (TPSA) is 56.5 Å². The Morgan fingerprint density at radius 2 is 1.95 bits per heavy atom. The highest BCUT2D eigenvalue weighted by atomic mass is 35.5. The highest BCUT2D eigenvalue weighted by Crippen LogP contribution is 2.34. The van der Waals surface area contributed by atoms with E-state index in [1.54, 1.807) is 33.4 Å². The number of halogens is 1. The number of rotatable bonds is 4. The summed E-state index contributed by atoms with van der Waals surface area (Å²) in [5.74, 6) is 1.24. The van der Waals surface area contributed by atoms with Crippen LogP contribution in [0.4, 0.5) is 0 Å². The number of hydrogen-bond acceptors (Lipinski definition) is 4. The third-order valence-corrected chi connectivity index (χ3v) is 3.36. The largest absolute Gasteiger partial charge is 0.493 e. The van der Waals surface area contributed by atoms with Gasteiger partial charge in [0.15, 0.2) is 11.5 Å². The van der Waals surface area contributed by atoms with E-state index in [1.807, 2.05) is 6.07 Å². The van der Waals surface area contributed by atoms with Crippen LogP contribution in [-0.4, -0.2) is 29.1 Å². The lowest BCUT2D eigenvalue weighted by Crippen LogP contribution is -1.93. The number of nitrogens with zero attached hydrogens (tertiary/aromatic N) is 2. The summed E-state index contributed by atoms with van der Waals surface area (Å²) < 4.78 is 12.0. The molecule has 0 amide bonds. The summed E-state index contributed by atoms with van der Waals surface area (Å²) in [5.41, 5.74) is 2.04. The Hall–Kier alpha value is -1.72. The summed E-state index contributed by atoms with van der Waals surface area (Å²) in [6.45, 7) is -0.170. The molecule has 0 aliphatic heterocycles. The van der Waals surface area contributed by atoms with Crippen LogP contribution in [0.2, 0.25) is 5.15 Å². The van der Waals surface area contributed by atoms with Crippen molar-refractivity contribution in [2.45, 2.75) is 6.61 Å². The van der Waals surface area contributed by atoms with E-state index in [0.29, 0.717) is 27.9 Å². The van der Waals surface area contributed by atoms with Crippen LogP contribution in [0.3, 0.4) is 0 Å². The molecule has 2 rings (SSSR count). The predicted octanol–water partition coefficient (Wildman–Crippen LogP) is 2.25. The predicted molar refractivity (Wildman–Crippen MR) is 72.7 cm³/mol. The second-order valence-electron chi connectivity index (χ2n) is 3.97. The molecule has 1 N–H and O–H groups in total. The zero-order valence-corrected chi connectivity index (χ0v) is 11.7. The van der Waals surface area contributed by atoms with Gasteiger partial charge < -0.3 is 14.6 Å². The summed E-state index contributed by atoms with van der Waals surface area (Å²) in [5, 5.41) is 14.1. The van der Waals surface area contributed by atoms with Gasteiger partial charge in [-0.2, -0.15) is 5.10 Å². The molecule has 0 aliphatic rings. The molecule has 5 nitrogen and oxygen atoms in total. The molecule has 0 spiro atoms. The number of aliphatic hydroxyl groups excluding tert-OH is 1. The van der Waals surface area contributed by atoms with Gasteiger partial charge in [0.2, 0.25) is 0 Å². The van der Waals surface area contributed by atoms with Crippen LogP contribution in [0.1, 0.15) is 5.56 Å². The van der Waals surface area contributed by atoms with Gasteiger partial charge in [-0.05, 0) is 18.2 Å². The van der Waals surface area contributed by atoms with Gasteiger partial charge in [-0.25, -0.2) is 0 Å². The molecule has 0 aliphatic carbocycles. The van der Waals surface area contributed by atoms with Crippen LogP contribution >= 0.6 is 11.6 Å². The van der Waals surface area contributed by atoms with Crippen molar-refractivity contribution in [1.29, 1.82) is 0 Å². The van der Waals surface area contributed by atoms with Crippen LogP contribution in [0.25, 0.3) is 11.3 Å². The molecular formula is C13H15ClN2O3. The minimum Gasteiger partial charge on any atom is -0.493 e. The zero-order valence-electron chi connectivity index (χ0n) is 11.0. The lowest BCUT2D eigenvalue weighted by atomic mass is 10.1. The molecule has 0 unspecified atom stereocenters. The first-order valence-electron chi connectivity index (χ1n) is 5.67. The van der Waals surface area contributed by atoms with Crippen LogP contribution in [0.5, 0.6) is 11.5 Å². The summed E-state index contributed by atoms with van der Waals surface area (Å²) in [4.78, 5) is 0. The molecular weight excluding hydrogens is 268 g/mol. The molecule has 1 heterocycles. The average molecular weight is 283 g/mol. The monoisotopic (exact) mass is 282 g/mol. The Bertz CT molecular complexity index is 596. The molecule has 0 radical (unpaired) electrons. The summed E-state index contributed by atoms with van der Waals surface area (Å²) in [6.07, 6.45) is 0. The van der Waals surface area contributed by atoms with E-state index in [4.69, 9.17) is 21.1 Å². The third kappa shape index (κ3) is 2.39. The lowest BCUT2D eigenvalue weighted by Gasteiger charge is -2.09. The van der Waals surface area contributed by atoms with E-state index >= 15 is 0 Å². The molecule has 0 saturated carbocycles. The maximum Gasteiger partial charge on any atom is 0.161 e. The molecule has 0 saturated heterocycles. The fourth-order valence-electron chi connectivity index (χ4n) is 1.90. The maximum absolute atomic E-state index is 9.41. The first kappa shape index (κ1) is 13.7. The van der Waals surface area contributed by atoms with E-state index in [-0.39, 0.29) is 6.61 Å². The molecule has 6 heteroatoms. The number of benzene rings is 1. The highest BCUT2D eigenvalue weighted by Gasteiger charge is 2.16. The van der Waals surface area contributed by atoms with Gasteiger partial charge in [0.05, 0.1) is 26.5 Å². The van der Waals surface area contributed by atoms with Crippen molar-refractivity contribution in [2.75, 3.05) is 14.2 Å². The van der Waals surface area contributed by atoms with E-state index < -0.39 is 0 Å². The zero-order chi connectivity index (χ0) is 14.0. The summed E-state index contributed by atoms with van der Waals surface area (Å²) in [7, 11) is 4.88. The second-order valence-corrected chi connectivity index (χ2v) is 4.33. The molecule has 0 bridgehead atoms. The molecule has 2 aromatic rings. The van der Waals surface area contributed by atoms with Gasteiger partial charge >= 0.3 is 0 Å². The smallest absolute Gasteiger partial charge is 0.161 e. The fraction of sp³-hybridized carbons (Fsp3) is 0.308. The van der Waals surface area contributed by atoms with Crippen LogP contribution in [0.15, 0.2) is 18.2 Å². The standard InChI is InChI=1S/C13H15ClN2O3/c1-16-13(14)9(7-17)12(15-16)8-4-5-10(18-2)11(6-8)19-3/h4-6,17H,7H2,1-3H3. The van der Waals surface area contributed by atoms with E-state index in [2.05, 4.69) is 5.10 Å². The number of aliphatic hydroxyl groups is 1. The Morgan fingerprint density at radius 3 is 2.53 bits per heavy atom. The van der Waals surface area contributed by atoms with Gasteiger partial charge in [0.1, 0.15) is 5.15 Å². The minimum atomic E-state index is -0.170. The molecule has 1 aromatic carbocycles. The Labute approximate surface area is 116 Å². The third-order valence-electron chi connectivity index (χ3n) is 2.88. The number of ether oxygens (including phenoxy) is 2. The van der Waals surface area contributed by atoms with E-state index in [9.17, 15) is 5.11 Å². The van der Waals surface area contributed by atoms with E-state index in [1.165, 1.54) is 4.68 Å². The van der Waals surface area contributed by atoms with Gasteiger partial charge in [0, 0.05) is 18.2 Å². The number of aryl methyl sites for hydroxylation is 1.